The molecule has 2 amide bonds. The first-order valence-corrected chi connectivity index (χ1v) is 11.7. The van der Waals surface area contributed by atoms with Crippen molar-refractivity contribution in [2.24, 2.45) is 17.9 Å². The molecule has 184 valence electrons. The number of rotatable bonds is 10. The van der Waals surface area contributed by atoms with Gasteiger partial charge in [-0.15, -0.1) is 11.3 Å². The molecule has 0 radical (unpaired) electrons. The highest BCUT2D eigenvalue weighted by Gasteiger charge is 2.51. The van der Waals surface area contributed by atoms with Crippen LogP contribution in [-0.4, -0.2) is 80.7 Å². The zero-order valence-electron chi connectivity index (χ0n) is 17.8. The van der Waals surface area contributed by atoms with Gasteiger partial charge in [-0.25, -0.2) is 14.0 Å². The number of β-lactam (4-membered cyclic amide) rings is 1. The zero-order valence-corrected chi connectivity index (χ0v) is 19.5. The number of thiazole rings is 1. The van der Waals surface area contributed by atoms with Crippen LogP contribution in [0.1, 0.15) is 18.3 Å². The Kier molecular flexibility index (Phi) is 7.03. The van der Waals surface area contributed by atoms with Gasteiger partial charge in [0.15, 0.2) is 17.5 Å². The molecule has 0 spiro atoms. The minimum Gasteiger partial charge on any atom is -0.474 e. The second-order valence-corrected chi connectivity index (χ2v) is 9.08. The molecule has 0 saturated carbocycles. The third-order valence-corrected chi connectivity index (χ3v) is 6.23. The summed E-state index contributed by atoms with van der Waals surface area (Å²) < 4.78 is 38.6. The zero-order chi connectivity index (χ0) is 25.2. The van der Waals surface area contributed by atoms with Crippen molar-refractivity contribution in [1.82, 2.24) is 24.4 Å². The predicted octanol–water partition coefficient (Wildman–Crippen LogP) is -1.94. The minimum atomic E-state index is -4.74. The van der Waals surface area contributed by atoms with Crippen molar-refractivity contribution < 1.29 is 32.1 Å². The maximum atomic E-state index is 12.7. The van der Waals surface area contributed by atoms with E-state index >= 15 is 0 Å². The molecule has 7 N–H and O–H groups in total. The minimum absolute atomic E-state index is 0.00402. The fraction of sp³-hybridized carbons (Fsp3) is 0.375. The lowest BCUT2D eigenvalue weighted by atomic mass is 10.0. The highest BCUT2D eigenvalue weighted by molar-refractivity contribution is 7.84. The second kappa shape index (κ2) is 9.61. The van der Waals surface area contributed by atoms with Crippen LogP contribution in [0.4, 0.5) is 5.13 Å². The number of ether oxygens (including phenoxy) is 1. The van der Waals surface area contributed by atoms with Crippen molar-refractivity contribution in [2.75, 3.05) is 18.9 Å². The van der Waals surface area contributed by atoms with E-state index in [4.69, 9.17) is 31.0 Å². The van der Waals surface area contributed by atoms with Gasteiger partial charge in [0.1, 0.15) is 29.9 Å². The van der Waals surface area contributed by atoms with Crippen LogP contribution in [0.5, 0.6) is 5.88 Å². The Hall–Kier alpha value is -3.77. The SMILES string of the molecule is CC1C(NC(=O)C(=NOCCOc2cc(C(=N)N)nn2C)c2csc(N)n2)C(=O)N1S(=O)(=O)O. The van der Waals surface area contributed by atoms with E-state index in [1.54, 1.807) is 7.05 Å². The summed E-state index contributed by atoms with van der Waals surface area (Å²) in [6.07, 6.45) is 0. The Morgan fingerprint density at radius 2 is 2.12 bits per heavy atom. The molecular weight excluding hydrogens is 494 g/mol. The van der Waals surface area contributed by atoms with Crippen LogP contribution < -0.4 is 21.5 Å². The summed E-state index contributed by atoms with van der Waals surface area (Å²) in [7, 11) is -3.14. The number of oxime groups is 1. The van der Waals surface area contributed by atoms with Crippen LogP contribution in [-0.2, 0) is 31.8 Å². The Labute approximate surface area is 196 Å². The monoisotopic (exact) mass is 515 g/mol. The van der Waals surface area contributed by atoms with Gasteiger partial charge in [-0.2, -0.15) is 13.5 Å². The van der Waals surface area contributed by atoms with E-state index in [0.717, 1.165) is 11.3 Å². The first kappa shape index (κ1) is 24.9. The van der Waals surface area contributed by atoms with E-state index in [9.17, 15) is 18.0 Å². The lowest BCUT2D eigenvalue weighted by Crippen LogP contribution is -2.71. The maximum Gasteiger partial charge on any atom is 0.362 e. The number of nitrogens with one attached hydrogen (secondary N) is 2. The molecule has 2 aromatic rings. The number of nitrogen functional groups attached to an aromatic ring is 2. The van der Waals surface area contributed by atoms with Gasteiger partial charge >= 0.3 is 10.3 Å². The van der Waals surface area contributed by atoms with Crippen molar-refractivity contribution >= 4 is 50.1 Å². The summed E-state index contributed by atoms with van der Waals surface area (Å²) >= 11 is 1.04. The largest absolute Gasteiger partial charge is 0.474 e. The molecule has 16 nitrogen and oxygen atoms in total. The molecule has 34 heavy (non-hydrogen) atoms. The van der Waals surface area contributed by atoms with Crippen molar-refractivity contribution in [3.05, 3.63) is 22.8 Å². The summed E-state index contributed by atoms with van der Waals surface area (Å²) in [4.78, 5) is 33.9. The molecule has 1 aliphatic heterocycles. The molecule has 18 heteroatoms. The van der Waals surface area contributed by atoms with Gasteiger partial charge in [-0.3, -0.25) is 19.6 Å². The summed E-state index contributed by atoms with van der Waals surface area (Å²) in [5.41, 5.74) is 11.0. The Balaban J connectivity index is 1.64. The fourth-order valence-corrected chi connectivity index (χ4v) is 4.36. The number of carbonyl (C=O) groups is 2. The highest BCUT2D eigenvalue weighted by atomic mass is 32.2. The van der Waals surface area contributed by atoms with Gasteiger partial charge in [0.25, 0.3) is 11.8 Å². The van der Waals surface area contributed by atoms with Gasteiger partial charge < -0.3 is 26.4 Å². The third kappa shape index (κ3) is 5.24. The number of aromatic nitrogens is 3. The summed E-state index contributed by atoms with van der Waals surface area (Å²) in [6, 6.07) is -0.754. The molecule has 3 rings (SSSR count). The molecule has 1 fully saturated rings. The van der Waals surface area contributed by atoms with Crippen molar-refractivity contribution in [3.8, 4) is 5.88 Å². The average Bonchev–Trinajstić information content (AvgIpc) is 3.33. The van der Waals surface area contributed by atoms with Gasteiger partial charge in [0, 0.05) is 18.5 Å². The second-order valence-electron chi connectivity index (χ2n) is 6.90. The number of nitrogens with two attached hydrogens (primary N) is 2. The number of hydrogen-bond acceptors (Lipinski definition) is 12. The molecule has 0 aromatic carbocycles. The number of carbonyl (C=O) groups excluding carboxylic acids is 2. The third-order valence-electron chi connectivity index (χ3n) is 4.54. The molecule has 0 aliphatic carbocycles. The number of amides is 2. The quantitative estimate of drug-likeness (QED) is 0.0582. The normalized spacial score (nSPS) is 18.4. The molecule has 2 aromatic heterocycles. The molecule has 1 saturated heterocycles. The van der Waals surface area contributed by atoms with E-state index in [0.29, 0.717) is 5.88 Å². The number of nitrogens with zero attached hydrogens (tertiary/aromatic N) is 5. The van der Waals surface area contributed by atoms with Crippen LogP contribution >= 0.6 is 11.3 Å². The Morgan fingerprint density at radius 3 is 2.65 bits per heavy atom. The molecule has 0 bridgehead atoms. The van der Waals surface area contributed by atoms with Gasteiger partial charge in [0.05, 0.1) is 6.04 Å². The number of amidine groups is 1. The average molecular weight is 516 g/mol. The van der Waals surface area contributed by atoms with Gasteiger partial charge in [0.2, 0.25) is 5.88 Å². The summed E-state index contributed by atoms with van der Waals surface area (Å²) in [5, 5.41) is 19.1. The number of anilines is 1. The van der Waals surface area contributed by atoms with Crippen molar-refractivity contribution in [3.63, 3.8) is 0 Å². The molecule has 1 aliphatic rings. The van der Waals surface area contributed by atoms with Crippen molar-refractivity contribution in [1.29, 1.82) is 5.41 Å². The molecule has 3 heterocycles. The van der Waals surface area contributed by atoms with Gasteiger partial charge in [-0.1, -0.05) is 5.16 Å². The lowest BCUT2D eigenvalue weighted by Gasteiger charge is -2.42. The first-order valence-electron chi connectivity index (χ1n) is 9.44. The first-order chi connectivity index (χ1) is 15.9. The van der Waals surface area contributed by atoms with Crippen LogP contribution in [0, 0.1) is 5.41 Å². The number of hydrogen-bond donors (Lipinski definition) is 5. The molecule has 2 unspecified atom stereocenters. The van der Waals surface area contributed by atoms with Crippen LogP contribution in [0.3, 0.4) is 0 Å². The standard InChI is InChI=1S/C16H21N9O7S2/c1-7-11(15(27)25(7)34(28,29)30)21-14(26)12(9-6-33-16(19)20-9)23-32-4-3-31-10-5-8(13(17)18)22-24(10)2/h5-7,11H,3-4H2,1-2H3,(H3,17,18)(H2,19,20)(H,21,26)(H,28,29,30). The summed E-state index contributed by atoms with van der Waals surface area (Å²) in [6.45, 7) is 1.23. The molecule has 2 atom stereocenters. The maximum absolute atomic E-state index is 12.7. The van der Waals surface area contributed by atoms with E-state index in [1.807, 2.05) is 0 Å². The molecular formula is C16H21N9O7S2. The smallest absolute Gasteiger partial charge is 0.362 e. The predicted molar refractivity (Wildman–Crippen MR) is 119 cm³/mol. The lowest BCUT2D eigenvalue weighted by molar-refractivity contribution is -0.143. The van der Waals surface area contributed by atoms with Crippen LogP contribution in [0.2, 0.25) is 0 Å². The highest BCUT2D eigenvalue weighted by Crippen LogP contribution is 2.23. The van der Waals surface area contributed by atoms with Gasteiger partial charge in [-0.05, 0) is 6.92 Å². The summed E-state index contributed by atoms with van der Waals surface area (Å²) in [5.74, 6) is -1.77. The van der Waals surface area contributed by atoms with Crippen molar-refractivity contribution in [2.45, 2.75) is 19.0 Å². The van der Waals surface area contributed by atoms with Crippen LogP contribution in [0.25, 0.3) is 0 Å². The Bertz CT molecular complexity index is 1250. The van der Waals surface area contributed by atoms with E-state index < -0.39 is 34.2 Å². The number of aryl methyl sites for hydroxylation is 1. The fourth-order valence-electron chi connectivity index (χ4n) is 2.92. The Morgan fingerprint density at radius 1 is 1.41 bits per heavy atom. The van der Waals surface area contributed by atoms with E-state index in [-0.39, 0.29) is 45.6 Å². The topological polar surface area (TPSA) is 241 Å². The van der Waals surface area contributed by atoms with E-state index in [2.05, 4.69) is 20.6 Å². The van der Waals surface area contributed by atoms with Crippen LogP contribution in [0.15, 0.2) is 16.6 Å². The van der Waals surface area contributed by atoms with E-state index in [1.165, 1.54) is 23.1 Å².